The number of carbonyl (C=O) groups is 1. The molecule has 1 saturated heterocycles. The first kappa shape index (κ1) is 16.6. The third-order valence-electron chi connectivity index (χ3n) is 4.81. The molecule has 4 rings (SSSR count). The van der Waals surface area contributed by atoms with Gasteiger partial charge in [-0.05, 0) is 44.5 Å². The van der Waals surface area contributed by atoms with Gasteiger partial charge < -0.3 is 4.90 Å². The van der Waals surface area contributed by atoms with E-state index in [1.54, 1.807) is 23.9 Å². The average molecular weight is 356 g/mol. The number of anilines is 1. The topological polar surface area (TPSA) is 32.3 Å². The number of nitrogens with zero attached hydrogens (tertiary/aromatic N) is 1. The predicted octanol–water partition coefficient (Wildman–Crippen LogP) is 3.95. The van der Waals surface area contributed by atoms with Gasteiger partial charge in [0.25, 0.3) is 5.91 Å². The Bertz CT molecular complexity index is 849. The van der Waals surface area contributed by atoms with Crippen molar-refractivity contribution < 1.29 is 9.18 Å². The van der Waals surface area contributed by atoms with Gasteiger partial charge in [-0.25, -0.2) is 4.39 Å². The van der Waals surface area contributed by atoms with Crippen molar-refractivity contribution in [2.45, 2.75) is 36.9 Å². The van der Waals surface area contributed by atoms with Gasteiger partial charge in [0.05, 0.1) is 12.2 Å². The third-order valence-corrected chi connectivity index (χ3v) is 6.36. The van der Waals surface area contributed by atoms with Crippen molar-refractivity contribution in [1.82, 2.24) is 5.32 Å². The van der Waals surface area contributed by atoms with Crippen LogP contribution in [0.25, 0.3) is 0 Å². The molecule has 0 aromatic heterocycles. The summed E-state index contributed by atoms with van der Waals surface area (Å²) in [7, 11) is 0. The van der Waals surface area contributed by atoms with Gasteiger partial charge in [0.2, 0.25) is 0 Å². The lowest BCUT2D eigenvalue weighted by Crippen LogP contribution is -2.44. The maximum atomic E-state index is 13.4. The number of thioether (sulfide) groups is 1. The molecule has 1 N–H and O–H groups in total. The zero-order chi connectivity index (χ0) is 17.8. The third kappa shape index (κ3) is 2.66. The summed E-state index contributed by atoms with van der Waals surface area (Å²) >= 11 is 1.69. The molecular formula is C20H21FN2OS. The van der Waals surface area contributed by atoms with Crippen molar-refractivity contribution >= 4 is 23.4 Å². The number of carbonyl (C=O) groups excluding carboxylic acids is 1. The molecule has 2 aliphatic heterocycles. The van der Waals surface area contributed by atoms with Crippen LogP contribution < -0.4 is 10.2 Å². The first-order valence-electron chi connectivity index (χ1n) is 8.43. The van der Waals surface area contributed by atoms with Crippen LogP contribution in [0, 0.1) is 12.7 Å². The fourth-order valence-corrected chi connectivity index (χ4v) is 5.19. The average Bonchev–Trinajstić information content (AvgIpc) is 3.00. The van der Waals surface area contributed by atoms with Crippen LogP contribution in [-0.2, 0) is 16.2 Å². The number of rotatable bonds is 2. The van der Waals surface area contributed by atoms with Crippen molar-refractivity contribution in [2.75, 3.05) is 11.4 Å². The number of amides is 1. The Hall–Kier alpha value is -1.85. The number of hydrogen-bond acceptors (Lipinski definition) is 3. The SMILES string of the molecule is Cc1ccc2c(c1)C1(NCC(C)(C)S1)C(=O)N2Cc1ccc(F)cc1. The van der Waals surface area contributed by atoms with E-state index in [9.17, 15) is 9.18 Å². The molecule has 1 fully saturated rings. The zero-order valence-electron chi connectivity index (χ0n) is 14.6. The fraction of sp³-hybridized carbons (Fsp3) is 0.350. The highest BCUT2D eigenvalue weighted by Crippen LogP contribution is 2.55. The maximum absolute atomic E-state index is 13.4. The molecule has 1 amide bonds. The molecule has 0 aliphatic carbocycles. The minimum Gasteiger partial charge on any atom is -0.305 e. The predicted molar refractivity (Wildman–Crippen MR) is 100 cm³/mol. The monoisotopic (exact) mass is 356 g/mol. The Morgan fingerprint density at radius 3 is 2.56 bits per heavy atom. The minimum absolute atomic E-state index is 0.0113. The minimum atomic E-state index is -0.717. The Labute approximate surface area is 151 Å². The second kappa shape index (κ2) is 5.58. The first-order chi connectivity index (χ1) is 11.8. The van der Waals surface area contributed by atoms with Gasteiger partial charge >= 0.3 is 0 Å². The lowest BCUT2D eigenvalue weighted by molar-refractivity contribution is -0.121. The first-order valence-corrected chi connectivity index (χ1v) is 9.25. The number of halogens is 1. The highest BCUT2D eigenvalue weighted by Gasteiger charge is 2.57. The standard InChI is InChI=1S/C20H21FN2OS/c1-13-4-9-17-16(10-13)20(22-12-19(2,3)25-20)18(24)23(17)11-14-5-7-15(21)8-6-14/h4-10,22H,11-12H2,1-3H3. The molecule has 1 spiro atoms. The summed E-state index contributed by atoms with van der Waals surface area (Å²) in [5, 5.41) is 3.49. The molecule has 2 aromatic carbocycles. The van der Waals surface area contributed by atoms with E-state index >= 15 is 0 Å². The summed E-state index contributed by atoms with van der Waals surface area (Å²) in [4.78, 5) is 14.5. The quantitative estimate of drug-likeness (QED) is 0.884. The molecule has 5 heteroatoms. The van der Waals surface area contributed by atoms with Gasteiger partial charge in [-0.3, -0.25) is 10.1 Å². The summed E-state index contributed by atoms with van der Waals surface area (Å²) in [5.74, 6) is -0.202. The van der Waals surface area contributed by atoms with Gasteiger partial charge in [-0.1, -0.05) is 29.8 Å². The molecule has 3 nitrogen and oxygen atoms in total. The van der Waals surface area contributed by atoms with E-state index in [2.05, 4.69) is 25.2 Å². The number of benzene rings is 2. The Balaban J connectivity index is 1.77. The van der Waals surface area contributed by atoms with Crippen molar-refractivity contribution in [3.8, 4) is 0 Å². The van der Waals surface area contributed by atoms with E-state index in [0.717, 1.165) is 28.9 Å². The summed E-state index contributed by atoms with van der Waals surface area (Å²) in [5.41, 5.74) is 4.04. The molecule has 0 saturated carbocycles. The second-order valence-corrected chi connectivity index (χ2v) is 9.36. The van der Waals surface area contributed by atoms with E-state index < -0.39 is 4.87 Å². The van der Waals surface area contributed by atoms with Gasteiger partial charge in [0, 0.05) is 16.9 Å². The van der Waals surface area contributed by atoms with E-state index in [1.165, 1.54) is 12.1 Å². The van der Waals surface area contributed by atoms with E-state index in [1.807, 2.05) is 24.0 Å². The van der Waals surface area contributed by atoms with Crippen molar-refractivity contribution in [3.63, 3.8) is 0 Å². The highest BCUT2D eigenvalue weighted by atomic mass is 32.2. The van der Waals surface area contributed by atoms with Crippen LogP contribution in [0.3, 0.4) is 0 Å². The van der Waals surface area contributed by atoms with Gasteiger partial charge in [-0.2, -0.15) is 0 Å². The van der Waals surface area contributed by atoms with Crippen LogP contribution in [-0.4, -0.2) is 17.2 Å². The number of aryl methyl sites for hydroxylation is 1. The Morgan fingerprint density at radius 2 is 1.92 bits per heavy atom. The molecule has 130 valence electrons. The van der Waals surface area contributed by atoms with Gasteiger partial charge in [0.15, 0.2) is 4.87 Å². The van der Waals surface area contributed by atoms with Crippen molar-refractivity contribution in [2.24, 2.45) is 0 Å². The summed E-state index contributed by atoms with van der Waals surface area (Å²) in [6.07, 6.45) is 0. The lowest BCUT2D eigenvalue weighted by Gasteiger charge is -2.25. The summed E-state index contributed by atoms with van der Waals surface area (Å²) in [6, 6.07) is 12.5. The van der Waals surface area contributed by atoms with E-state index in [0.29, 0.717) is 6.54 Å². The normalized spacial score (nSPS) is 24.2. The molecule has 1 unspecified atom stereocenters. The highest BCUT2D eigenvalue weighted by molar-refractivity contribution is 8.02. The van der Waals surface area contributed by atoms with Crippen LogP contribution in [0.15, 0.2) is 42.5 Å². The largest absolute Gasteiger partial charge is 0.305 e. The molecule has 1 atom stereocenters. The Morgan fingerprint density at radius 1 is 1.20 bits per heavy atom. The summed E-state index contributed by atoms with van der Waals surface area (Å²) < 4.78 is 13.2. The molecule has 2 heterocycles. The molecule has 0 radical (unpaired) electrons. The number of hydrogen-bond donors (Lipinski definition) is 1. The van der Waals surface area contributed by atoms with Gasteiger partial charge in [-0.15, -0.1) is 11.8 Å². The lowest BCUT2D eigenvalue weighted by atomic mass is 10.0. The Kier molecular flexibility index (Phi) is 3.71. The fourth-order valence-electron chi connectivity index (χ4n) is 3.60. The van der Waals surface area contributed by atoms with Crippen LogP contribution in [0.1, 0.15) is 30.5 Å². The molecule has 25 heavy (non-hydrogen) atoms. The van der Waals surface area contributed by atoms with Crippen LogP contribution in [0.5, 0.6) is 0 Å². The van der Waals surface area contributed by atoms with Crippen LogP contribution in [0.4, 0.5) is 10.1 Å². The number of nitrogens with one attached hydrogen (secondary N) is 1. The smallest absolute Gasteiger partial charge is 0.262 e. The molecule has 2 aliphatic rings. The summed E-state index contributed by atoms with van der Waals surface area (Å²) in [6.45, 7) is 7.59. The maximum Gasteiger partial charge on any atom is 0.262 e. The van der Waals surface area contributed by atoms with Crippen molar-refractivity contribution in [3.05, 3.63) is 65.0 Å². The zero-order valence-corrected chi connectivity index (χ0v) is 15.4. The molecular weight excluding hydrogens is 335 g/mol. The number of fused-ring (bicyclic) bond motifs is 2. The van der Waals surface area contributed by atoms with Crippen LogP contribution in [0.2, 0.25) is 0 Å². The van der Waals surface area contributed by atoms with Crippen molar-refractivity contribution in [1.29, 1.82) is 0 Å². The van der Waals surface area contributed by atoms with E-state index in [-0.39, 0.29) is 16.5 Å². The van der Waals surface area contributed by atoms with Gasteiger partial charge in [0.1, 0.15) is 5.82 Å². The van der Waals surface area contributed by atoms with Crippen LogP contribution >= 0.6 is 11.8 Å². The second-order valence-electron chi connectivity index (χ2n) is 7.43. The molecule has 2 aromatic rings. The van der Waals surface area contributed by atoms with E-state index in [4.69, 9.17) is 0 Å². The molecule has 0 bridgehead atoms.